The first-order valence-electron chi connectivity index (χ1n) is 7.85. The molecule has 0 spiro atoms. The molecule has 3 aromatic rings. The largest absolute Gasteiger partial charge is 0.421 e. The van der Waals surface area contributed by atoms with Gasteiger partial charge < -0.3 is 9.73 Å². The third-order valence-corrected chi connectivity index (χ3v) is 3.48. The number of hydrogen-bond acceptors (Lipinski definition) is 5. The number of nitrogens with one attached hydrogen (secondary N) is 1. The van der Waals surface area contributed by atoms with E-state index in [4.69, 9.17) is 4.42 Å². The molecule has 0 unspecified atom stereocenters. The van der Waals surface area contributed by atoms with Crippen LogP contribution >= 0.6 is 0 Å². The second kappa shape index (κ2) is 8.01. The topological polar surface area (TPSA) is 80.9 Å². The van der Waals surface area contributed by atoms with Gasteiger partial charge in [-0.1, -0.05) is 24.3 Å². The van der Waals surface area contributed by atoms with Crippen molar-refractivity contribution in [3.63, 3.8) is 0 Å². The van der Waals surface area contributed by atoms with Gasteiger partial charge in [-0.3, -0.25) is 9.78 Å². The molecular formula is C18H18N4O2. The minimum atomic E-state index is -0.0367. The van der Waals surface area contributed by atoms with Gasteiger partial charge in [-0.15, -0.1) is 10.2 Å². The van der Waals surface area contributed by atoms with E-state index in [1.165, 1.54) is 0 Å². The number of aryl methyl sites for hydroxylation is 1. The highest BCUT2D eigenvalue weighted by atomic mass is 16.4. The fraction of sp³-hybridized carbons (Fsp3) is 0.222. The van der Waals surface area contributed by atoms with Crippen molar-refractivity contribution < 1.29 is 9.21 Å². The van der Waals surface area contributed by atoms with Gasteiger partial charge in [0.25, 0.3) is 0 Å². The van der Waals surface area contributed by atoms with Gasteiger partial charge in [0, 0.05) is 43.3 Å². The van der Waals surface area contributed by atoms with Gasteiger partial charge in [-0.05, 0) is 24.3 Å². The normalized spacial score (nSPS) is 10.5. The van der Waals surface area contributed by atoms with Crippen LogP contribution in [0, 0.1) is 0 Å². The lowest BCUT2D eigenvalue weighted by atomic mass is 10.2. The maximum Gasteiger partial charge on any atom is 0.247 e. The average Bonchev–Trinajstić information content (AvgIpc) is 3.11. The van der Waals surface area contributed by atoms with Crippen LogP contribution in [0.4, 0.5) is 0 Å². The monoisotopic (exact) mass is 322 g/mol. The van der Waals surface area contributed by atoms with Gasteiger partial charge in [0.05, 0.1) is 0 Å². The summed E-state index contributed by atoms with van der Waals surface area (Å²) < 4.78 is 5.58. The smallest absolute Gasteiger partial charge is 0.247 e. The molecule has 0 aliphatic rings. The summed E-state index contributed by atoms with van der Waals surface area (Å²) in [5.41, 5.74) is 1.83. The first kappa shape index (κ1) is 15.9. The Hall–Kier alpha value is -3.02. The lowest BCUT2D eigenvalue weighted by molar-refractivity contribution is -0.121. The standard InChI is InChI=1S/C18H18N4O2/c23-16(20-13-11-15-8-4-5-12-19-15)9-10-17-21-22-18(24-17)14-6-2-1-3-7-14/h1-8,12H,9-11,13H2,(H,20,23). The number of carbonyl (C=O) groups excluding carboxylic acids is 1. The Morgan fingerprint density at radius 1 is 1.00 bits per heavy atom. The molecule has 0 radical (unpaired) electrons. The molecule has 1 aromatic carbocycles. The SMILES string of the molecule is O=C(CCc1nnc(-c2ccccc2)o1)NCCc1ccccn1. The molecule has 6 nitrogen and oxygen atoms in total. The number of nitrogens with zero attached hydrogens (tertiary/aromatic N) is 3. The number of hydrogen-bond donors (Lipinski definition) is 1. The van der Waals surface area contributed by atoms with Crippen molar-refractivity contribution in [1.82, 2.24) is 20.5 Å². The number of pyridine rings is 1. The van der Waals surface area contributed by atoms with E-state index in [1.807, 2.05) is 48.5 Å². The van der Waals surface area contributed by atoms with Gasteiger partial charge >= 0.3 is 0 Å². The number of aromatic nitrogens is 3. The zero-order valence-electron chi connectivity index (χ0n) is 13.2. The minimum Gasteiger partial charge on any atom is -0.421 e. The van der Waals surface area contributed by atoms with Gasteiger partial charge in [0.15, 0.2) is 0 Å². The first-order chi connectivity index (χ1) is 11.8. The van der Waals surface area contributed by atoms with E-state index >= 15 is 0 Å². The summed E-state index contributed by atoms with van der Waals surface area (Å²) in [6.07, 6.45) is 3.20. The first-order valence-corrected chi connectivity index (χ1v) is 7.85. The number of amides is 1. The van der Waals surface area contributed by atoms with Gasteiger partial charge in [-0.25, -0.2) is 0 Å². The van der Waals surface area contributed by atoms with E-state index in [0.29, 0.717) is 37.6 Å². The second-order valence-electron chi connectivity index (χ2n) is 5.29. The Labute approximate surface area is 140 Å². The Bertz CT molecular complexity index is 772. The van der Waals surface area contributed by atoms with Crippen molar-refractivity contribution in [2.24, 2.45) is 0 Å². The van der Waals surface area contributed by atoms with E-state index in [0.717, 1.165) is 11.3 Å². The van der Waals surface area contributed by atoms with E-state index in [-0.39, 0.29) is 5.91 Å². The number of benzene rings is 1. The Kier molecular flexibility index (Phi) is 5.29. The summed E-state index contributed by atoms with van der Waals surface area (Å²) in [6, 6.07) is 15.3. The van der Waals surface area contributed by atoms with Gasteiger partial charge in [0.2, 0.25) is 17.7 Å². The van der Waals surface area contributed by atoms with Crippen molar-refractivity contribution in [1.29, 1.82) is 0 Å². The zero-order chi connectivity index (χ0) is 16.6. The van der Waals surface area contributed by atoms with Crippen molar-refractivity contribution in [3.05, 3.63) is 66.3 Å². The summed E-state index contributed by atoms with van der Waals surface area (Å²) in [6.45, 7) is 0.564. The lowest BCUT2D eigenvalue weighted by Gasteiger charge is -2.03. The summed E-state index contributed by atoms with van der Waals surface area (Å²) in [4.78, 5) is 16.1. The van der Waals surface area contributed by atoms with Crippen LogP contribution in [0.2, 0.25) is 0 Å². The fourth-order valence-electron chi connectivity index (χ4n) is 2.24. The van der Waals surface area contributed by atoms with Crippen LogP contribution in [-0.2, 0) is 17.6 Å². The van der Waals surface area contributed by atoms with Crippen molar-refractivity contribution in [2.45, 2.75) is 19.3 Å². The van der Waals surface area contributed by atoms with Crippen LogP contribution in [0.5, 0.6) is 0 Å². The Balaban J connectivity index is 1.42. The molecule has 0 bridgehead atoms. The quantitative estimate of drug-likeness (QED) is 0.722. The van der Waals surface area contributed by atoms with Crippen molar-refractivity contribution in [2.75, 3.05) is 6.54 Å². The van der Waals surface area contributed by atoms with Crippen LogP contribution in [0.3, 0.4) is 0 Å². The van der Waals surface area contributed by atoms with Crippen molar-refractivity contribution >= 4 is 5.91 Å². The highest BCUT2D eigenvalue weighted by Crippen LogP contribution is 2.17. The predicted molar refractivity (Wildman–Crippen MR) is 89.0 cm³/mol. The Morgan fingerprint density at radius 3 is 2.62 bits per heavy atom. The van der Waals surface area contributed by atoms with E-state index in [1.54, 1.807) is 6.20 Å². The maximum atomic E-state index is 11.9. The molecule has 24 heavy (non-hydrogen) atoms. The third kappa shape index (κ3) is 4.49. The molecule has 3 rings (SSSR count). The summed E-state index contributed by atoms with van der Waals surface area (Å²) in [5, 5.41) is 10.9. The van der Waals surface area contributed by atoms with Crippen LogP contribution in [-0.4, -0.2) is 27.6 Å². The Morgan fingerprint density at radius 2 is 1.83 bits per heavy atom. The third-order valence-electron chi connectivity index (χ3n) is 3.48. The lowest BCUT2D eigenvalue weighted by Crippen LogP contribution is -2.26. The molecule has 0 saturated heterocycles. The van der Waals surface area contributed by atoms with Gasteiger partial charge in [0.1, 0.15) is 0 Å². The van der Waals surface area contributed by atoms with E-state index < -0.39 is 0 Å². The average molecular weight is 322 g/mol. The molecule has 0 saturated carbocycles. The molecule has 0 aliphatic carbocycles. The van der Waals surface area contributed by atoms with Gasteiger partial charge in [-0.2, -0.15) is 0 Å². The summed E-state index contributed by atoms with van der Waals surface area (Å²) in [5.74, 6) is 0.903. The second-order valence-corrected chi connectivity index (χ2v) is 5.29. The molecule has 0 aliphatic heterocycles. The van der Waals surface area contributed by atoms with Crippen molar-refractivity contribution in [3.8, 4) is 11.5 Å². The van der Waals surface area contributed by atoms with Crippen LogP contribution in [0.15, 0.2) is 59.1 Å². The number of rotatable bonds is 7. The molecule has 6 heteroatoms. The molecule has 0 atom stereocenters. The van der Waals surface area contributed by atoms with Crippen LogP contribution in [0.25, 0.3) is 11.5 Å². The summed E-state index contributed by atoms with van der Waals surface area (Å²) in [7, 11) is 0. The molecule has 0 fully saturated rings. The molecule has 122 valence electrons. The molecule has 2 heterocycles. The molecule has 2 aromatic heterocycles. The zero-order valence-corrected chi connectivity index (χ0v) is 13.2. The molecule has 1 N–H and O–H groups in total. The fourth-order valence-corrected chi connectivity index (χ4v) is 2.24. The highest BCUT2D eigenvalue weighted by Gasteiger charge is 2.10. The highest BCUT2D eigenvalue weighted by molar-refractivity contribution is 5.76. The predicted octanol–water partition coefficient (Wildman–Crippen LogP) is 2.42. The van der Waals surface area contributed by atoms with E-state index in [2.05, 4.69) is 20.5 Å². The molecular weight excluding hydrogens is 304 g/mol. The van der Waals surface area contributed by atoms with E-state index in [9.17, 15) is 4.79 Å². The van der Waals surface area contributed by atoms with Crippen LogP contribution in [0.1, 0.15) is 18.0 Å². The van der Waals surface area contributed by atoms with Crippen LogP contribution < -0.4 is 5.32 Å². The number of carbonyl (C=O) groups is 1. The molecule has 1 amide bonds. The summed E-state index contributed by atoms with van der Waals surface area (Å²) >= 11 is 0. The maximum absolute atomic E-state index is 11.9. The minimum absolute atomic E-state index is 0.0367.